The predicted octanol–water partition coefficient (Wildman–Crippen LogP) is 3.36. The number of anilines is 1. The number of benzene rings is 1. The van der Waals surface area contributed by atoms with Crippen LogP contribution in [0.1, 0.15) is 49.9 Å². The van der Waals surface area contributed by atoms with Crippen LogP contribution in [0.3, 0.4) is 0 Å². The van der Waals surface area contributed by atoms with Crippen molar-refractivity contribution in [2.75, 3.05) is 24.5 Å². The zero-order valence-electron chi connectivity index (χ0n) is 16.6. The number of rotatable bonds is 5. The van der Waals surface area contributed by atoms with E-state index >= 15 is 0 Å². The Kier molecular flexibility index (Phi) is 7.66. The Morgan fingerprint density at radius 1 is 1.29 bits per heavy atom. The average molecular weight is 411 g/mol. The van der Waals surface area contributed by atoms with E-state index in [4.69, 9.17) is 5.73 Å². The first-order valence-electron chi connectivity index (χ1n) is 9.93. The summed E-state index contributed by atoms with van der Waals surface area (Å²) < 4.78 is 0. The number of hydrogen-bond acceptors (Lipinski definition) is 5. The van der Waals surface area contributed by atoms with Gasteiger partial charge < -0.3 is 16.0 Å². The van der Waals surface area contributed by atoms with E-state index in [0.29, 0.717) is 35.5 Å². The smallest absolute Gasteiger partial charge is 0.293 e. The van der Waals surface area contributed by atoms with Crippen LogP contribution < -0.4 is 16.0 Å². The second-order valence-electron chi connectivity index (χ2n) is 8.32. The van der Waals surface area contributed by atoms with Crippen molar-refractivity contribution in [2.24, 2.45) is 23.5 Å². The molecule has 3 rings (SSSR count). The Morgan fingerprint density at radius 2 is 1.96 bits per heavy atom. The first kappa shape index (κ1) is 22.4. The minimum atomic E-state index is -0.381. The lowest BCUT2D eigenvalue weighted by Gasteiger charge is -2.36. The molecule has 7 nitrogen and oxygen atoms in total. The molecule has 1 aliphatic carbocycles. The first-order valence-corrected chi connectivity index (χ1v) is 9.93. The standard InChI is InChI=1S/C20H30N4O3.ClH/c1-13-8-14(2)12-23(11-13)18-7-6-15(9-19(18)24(26)27)20(25)22-17-5-3-4-16(17)10-21;/h6-7,9,13-14,16-17H,3-5,8,10-12,21H2,1-2H3,(H,22,25);1H. The maximum absolute atomic E-state index is 12.6. The molecule has 1 heterocycles. The van der Waals surface area contributed by atoms with Gasteiger partial charge in [0, 0.05) is 30.8 Å². The van der Waals surface area contributed by atoms with Gasteiger partial charge in [0.25, 0.3) is 11.6 Å². The maximum Gasteiger partial charge on any atom is 0.293 e. The summed E-state index contributed by atoms with van der Waals surface area (Å²) in [6.45, 7) is 6.50. The third kappa shape index (κ3) is 4.94. The quantitative estimate of drug-likeness (QED) is 0.572. The van der Waals surface area contributed by atoms with Crippen LogP contribution in [0.5, 0.6) is 0 Å². The lowest BCUT2D eigenvalue weighted by Crippen LogP contribution is -2.40. The van der Waals surface area contributed by atoms with Gasteiger partial charge in [0.15, 0.2) is 0 Å². The van der Waals surface area contributed by atoms with Gasteiger partial charge in [-0.15, -0.1) is 12.4 Å². The highest BCUT2D eigenvalue weighted by molar-refractivity contribution is 5.96. The van der Waals surface area contributed by atoms with Crippen molar-refractivity contribution < 1.29 is 9.72 Å². The molecule has 0 spiro atoms. The van der Waals surface area contributed by atoms with Gasteiger partial charge in [0.1, 0.15) is 5.69 Å². The van der Waals surface area contributed by atoms with E-state index in [9.17, 15) is 14.9 Å². The van der Waals surface area contributed by atoms with Gasteiger partial charge in [-0.25, -0.2) is 0 Å². The molecule has 0 bridgehead atoms. The van der Waals surface area contributed by atoms with Crippen molar-refractivity contribution >= 4 is 29.7 Å². The minimum absolute atomic E-state index is 0. The van der Waals surface area contributed by atoms with Crippen molar-refractivity contribution in [3.8, 4) is 0 Å². The molecule has 28 heavy (non-hydrogen) atoms. The number of nitrogens with one attached hydrogen (secondary N) is 1. The predicted molar refractivity (Wildman–Crippen MR) is 113 cm³/mol. The van der Waals surface area contributed by atoms with Crippen molar-refractivity contribution in [1.29, 1.82) is 0 Å². The molecule has 1 aromatic carbocycles. The van der Waals surface area contributed by atoms with Crippen LogP contribution in [0, 0.1) is 27.9 Å². The van der Waals surface area contributed by atoms with E-state index < -0.39 is 0 Å². The van der Waals surface area contributed by atoms with Crippen LogP contribution in [0.2, 0.25) is 0 Å². The van der Waals surface area contributed by atoms with E-state index in [2.05, 4.69) is 24.1 Å². The summed E-state index contributed by atoms with van der Waals surface area (Å²) in [5, 5.41) is 14.7. The van der Waals surface area contributed by atoms with E-state index in [1.165, 1.54) is 6.07 Å². The van der Waals surface area contributed by atoms with Crippen molar-refractivity contribution in [3.63, 3.8) is 0 Å². The Balaban J connectivity index is 0.00000280. The highest BCUT2D eigenvalue weighted by Gasteiger charge is 2.30. The molecule has 1 aromatic rings. The molecule has 1 saturated carbocycles. The summed E-state index contributed by atoms with van der Waals surface area (Å²) >= 11 is 0. The van der Waals surface area contributed by atoms with Crippen molar-refractivity contribution in [1.82, 2.24) is 5.32 Å². The molecule has 2 fully saturated rings. The molecule has 4 unspecified atom stereocenters. The number of nitro benzene ring substituents is 1. The van der Waals surface area contributed by atoms with Crippen LogP contribution in [0.15, 0.2) is 18.2 Å². The molecule has 1 saturated heterocycles. The molecule has 156 valence electrons. The lowest BCUT2D eigenvalue weighted by molar-refractivity contribution is -0.384. The molecule has 2 aliphatic rings. The fraction of sp³-hybridized carbons (Fsp3) is 0.650. The molecule has 0 radical (unpaired) electrons. The van der Waals surface area contributed by atoms with Gasteiger partial charge in [0.05, 0.1) is 4.92 Å². The van der Waals surface area contributed by atoms with E-state index in [-0.39, 0.29) is 35.0 Å². The minimum Gasteiger partial charge on any atom is -0.365 e. The van der Waals surface area contributed by atoms with Crippen LogP contribution >= 0.6 is 12.4 Å². The number of piperidine rings is 1. The van der Waals surface area contributed by atoms with E-state index in [1.807, 2.05) is 0 Å². The van der Waals surface area contributed by atoms with Crippen molar-refractivity contribution in [3.05, 3.63) is 33.9 Å². The van der Waals surface area contributed by atoms with Gasteiger partial charge in [-0.3, -0.25) is 14.9 Å². The molecule has 4 atom stereocenters. The number of carbonyl (C=O) groups excluding carboxylic acids is 1. The van der Waals surface area contributed by atoms with Gasteiger partial charge in [-0.1, -0.05) is 20.3 Å². The first-order chi connectivity index (χ1) is 12.9. The maximum atomic E-state index is 12.6. The second kappa shape index (κ2) is 9.56. The summed E-state index contributed by atoms with van der Waals surface area (Å²) in [6.07, 6.45) is 4.12. The Morgan fingerprint density at radius 3 is 2.57 bits per heavy atom. The van der Waals surface area contributed by atoms with E-state index in [1.54, 1.807) is 12.1 Å². The van der Waals surface area contributed by atoms with Crippen LogP contribution in [0.4, 0.5) is 11.4 Å². The summed E-state index contributed by atoms with van der Waals surface area (Å²) in [6, 6.07) is 4.91. The zero-order chi connectivity index (χ0) is 19.6. The topological polar surface area (TPSA) is 102 Å². The fourth-order valence-corrected chi connectivity index (χ4v) is 4.70. The van der Waals surface area contributed by atoms with Crippen LogP contribution in [-0.4, -0.2) is 36.5 Å². The number of nitrogens with two attached hydrogens (primary N) is 1. The molecular formula is C20H31ClN4O3. The highest BCUT2D eigenvalue weighted by Crippen LogP contribution is 2.34. The molecule has 3 N–H and O–H groups in total. The third-order valence-corrected chi connectivity index (χ3v) is 5.92. The van der Waals surface area contributed by atoms with E-state index in [0.717, 1.165) is 38.8 Å². The Labute approximate surface area is 172 Å². The molecule has 1 amide bonds. The van der Waals surface area contributed by atoms with Gasteiger partial charge in [0.2, 0.25) is 0 Å². The number of hydrogen-bond donors (Lipinski definition) is 2. The van der Waals surface area contributed by atoms with Gasteiger partial charge in [-0.2, -0.15) is 0 Å². The van der Waals surface area contributed by atoms with Crippen molar-refractivity contribution in [2.45, 2.75) is 45.6 Å². The number of nitrogens with zero attached hydrogens (tertiary/aromatic N) is 2. The largest absolute Gasteiger partial charge is 0.365 e. The Bertz CT molecular complexity index is 705. The number of halogens is 1. The number of nitro groups is 1. The Hall–Kier alpha value is -1.86. The fourth-order valence-electron chi connectivity index (χ4n) is 4.70. The summed E-state index contributed by atoms with van der Waals surface area (Å²) in [7, 11) is 0. The monoisotopic (exact) mass is 410 g/mol. The molecule has 0 aromatic heterocycles. The van der Waals surface area contributed by atoms with Crippen LogP contribution in [-0.2, 0) is 0 Å². The summed E-state index contributed by atoms with van der Waals surface area (Å²) in [4.78, 5) is 26.0. The number of amides is 1. The van der Waals surface area contributed by atoms with Gasteiger partial charge >= 0.3 is 0 Å². The zero-order valence-corrected chi connectivity index (χ0v) is 17.4. The average Bonchev–Trinajstić information content (AvgIpc) is 3.07. The third-order valence-electron chi connectivity index (χ3n) is 5.92. The molecular weight excluding hydrogens is 380 g/mol. The molecule has 1 aliphatic heterocycles. The second-order valence-corrected chi connectivity index (χ2v) is 8.32. The van der Waals surface area contributed by atoms with Gasteiger partial charge in [-0.05, 0) is 55.7 Å². The SMILES string of the molecule is CC1CC(C)CN(c2ccc(C(=O)NC3CCCC3CN)cc2[N+](=O)[O-])C1.Cl. The number of carbonyl (C=O) groups is 1. The highest BCUT2D eigenvalue weighted by atomic mass is 35.5. The lowest BCUT2D eigenvalue weighted by atomic mass is 9.91. The summed E-state index contributed by atoms with van der Waals surface area (Å²) in [5.41, 5.74) is 6.73. The van der Waals surface area contributed by atoms with Crippen LogP contribution in [0.25, 0.3) is 0 Å². The normalized spacial score (nSPS) is 27.2. The molecule has 8 heteroatoms. The summed E-state index contributed by atoms with van der Waals surface area (Å²) in [5.74, 6) is 1.02.